The molecule has 0 bridgehead atoms. The molecule has 0 saturated heterocycles. The van der Waals surface area contributed by atoms with Crippen molar-refractivity contribution in [1.29, 1.82) is 0 Å². The fourth-order valence-electron chi connectivity index (χ4n) is 4.00. The average molecular weight is 451 g/mol. The predicted molar refractivity (Wildman–Crippen MR) is 117 cm³/mol. The highest BCUT2D eigenvalue weighted by Crippen LogP contribution is 2.31. The number of carbonyl (C=O) groups is 1. The lowest BCUT2D eigenvalue weighted by atomic mass is 9.95. The quantitative estimate of drug-likeness (QED) is 0.566. The van der Waals surface area contributed by atoms with Crippen LogP contribution in [0.2, 0.25) is 0 Å². The molecular weight excluding hydrogens is 420 g/mol. The van der Waals surface area contributed by atoms with E-state index in [1.54, 1.807) is 6.20 Å². The number of sulfonamides is 1. The Labute approximate surface area is 183 Å². The van der Waals surface area contributed by atoms with Crippen LogP contribution in [-0.4, -0.2) is 38.3 Å². The molecule has 2 N–H and O–H groups in total. The molecule has 31 heavy (non-hydrogen) atoms. The fraction of sp³-hybridized carbons (Fsp3) is 0.524. The minimum absolute atomic E-state index is 0.0582. The summed E-state index contributed by atoms with van der Waals surface area (Å²) in [4.78, 5) is 19.6. The normalized spacial score (nSPS) is 15.1. The van der Waals surface area contributed by atoms with E-state index in [0.29, 0.717) is 17.4 Å². The van der Waals surface area contributed by atoms with Gasteiger partial charge in [-0.1, -0.05) is 37.5 Å². The van der Waals surface area contributed by atoms with E-state index in [1.165, 1.54) is 51.7 Å². The number of aromatic nitrogens is 2. The molecule has 1 heterocycles. The number of rotatable bonds is 9. The van der Waals surface area contributed by atoms with Crippen molar-refractivity contribution in [1.82, 2.24) is 14.7 Å². The van der Waals surface area contributed by atoms with Crippen LogP contribution in [0.3, 0.4) is 0 Å². The number of carbonyl (C=O) groups excluding carboxylic acids is 1. The number of amides is 1. The molecule has 3 rings (SSSR count). The maximum absolute atomic E-state index is 13.2. The zero-order chi connectivity index (χ0) is 22.4. The highest BCUT2D eigenvalue weighted by Gasteiger charge is 2.24. The molecule has 0 radical (unpaired) electrons. The molecule has 1 aromatic heterocycles. The molecule has 1 aliphatic rings. The van der Waals surface area contributed by atoms with Gasteiger partial charge in [-0.15, -0.1) is 0 Å². The third-order valence-corrected chi connectivity index (χ3v) is 6.73. The minimum Gasteiger partial charge on any atom is -0.495 e. The van der Waals surface area contributed by atoms with Gasteiger partial charge in [0.05, 0.1) is 48.3 Å². The van der Waals surface area contributed by atoms with Gasteiger partial charge in [0, 0.05) is 0 Å². The first-order valence-corrected chi connectivity index (χ1v) is 12.0. The molecule has 1 aromatic carbocycles. The number of anilines is 1. The van der Waals surface area contributed by atoms with Gasteiger partial charge in [-0.25, -0.2) is 8.42 Å². The molecule has 1 amide bonds. The lowest BCUT2D eigenvalue weighted by Crippen LogP contribution is -2.23. The van der Waals surface area contributed by atoms with Crippen LogP contribution >= 0.6 is 0 Å². The molecular formula is C21H30N4O5S. The SMILES string of the molecule is CCCc1c(C(=O)Nc2cc(S(=O)(=O)NOC)ccc2OC)cnn1C1CCCCC1. The van der Waals surface area contributed by atoms with E-state index in [1.807, 2.05) is 9.57 Å². The number of nitrogens with one attached hydrogen (secondary N) is 2. The van der Waals surface area contributed by atoms with Gasteiger partial charge in [-0.05, 0) is 37.5 Å². The van der Waals surface area contributed by atoms with Crippen molar-refractivity contribution >= 4 is 21.6 Å². The Morgan fingerprint density at radius 1 is 1.23 bits per heavy atom. The van der Waals surface area contributed by atoms with E-state index < -0.39 is 10.0 Å². The van der Waals surface area contributed by atoms with E-state index in [4.69, 9.17) is 4.74 Å². The Kier molecular flexibility index (Phi) is 7.69. The summed E-state index contributed by atoms with van der Waals surface area (Å²) < 4.78 is 31.8. The monoisotopic (exact) mass is 450 g/mol. The Bertz CT molecular complexity index is 1010. The minimum atomic E-state index is -3.88. The van der Waals surface area contributed by atoms with Crippen LogP contribution < -0.4 is 14.9 Å². The van der Waals surface area contributed by atoms with Gasteiger partial charge in [-0.3, -0.25) is 14.3 Å². The first kappa shape index (κ1) is 23.2. The second-order valence-corrected chi connectivity index (χ2v) is 9.24. The average Bonchev–Trinajstić information content (AvgIpc) is 3.18. The Morgan fingerprint density at radius 2 is 1.97 bits per heavy atom. The summed E-state index contributed by atoms with van der Waals surface area (Å²) in [5.74, 6) is -0.000473. The van der Waals surface area contributed by atoms with Crippen LogP contribution in [-0.2, 0) is 21.3 Å². The van der Waals surface area contributed by atoms with Gasteiger partial charge in [-0.2, -0.15) is 5.10 Å². The third-order valence-electron chi connectivity index (χ3n) is 5.47. The number of ether oxygens (including phenoxy) is 1. The molecule has 0 aliphatic heterocycles. The fourth-order valence-corrected chi connectivity index (χ4v) is 4.84. The van der Waals surface area contributed by atoms with Gasteiger partial charge >= 0.3 is 0 Å². The summed E-state index contributed by atoms with van der Waals surface area (Å²) in [5.41, 5.74) is 1.66. The van der Waals surface area contributed by atoms with Crippen LogP contribution in [0.5, 0.6) is 5.75 Å². The predicted octanol–water partition coefficient (Wildman–Crippen LogP) is 3.44. The number of methoxy groups -OCH3 is 1. The van der Waals surface area contributed by atoms with Crippen molar-refractivity contribution in [2.75, 3.05) is 19.5 Å². The molecule has 2 aromatic rings. The lowest BCUT2D eigenvalue weighted by Gasteiger charge is -2.24. The van der Waals surface area contributed by atoms with E-state index in [2.05, 4.69) is 22.2 Å². The molecule has 0 spiro atoms. The van der Waals surface area contributed by atoms with Crippen molar-refractivity contribution in [3.63, 3.8) is 0 Å². The third kappa shape index (κ3) is 5.25. The molecule has 10 heteroatoms. The van der Waals surface area contributed by atoms with Crippen molar-refractivity contribution in [3.8, 4) is 5.75 Å². The highest BCUT2D eigenvalue weighted by molar-refractivity contribution is 7.89. The number of nitrogens with zero attached hydrogens (tertiary/aromatic N) is 2. The van der Waals surface area contributed by atoms with Crippen molar-refractivity contribution < 1.29 is 22.8 Å². The summed E-state index contributed by atoms with van der Waals surface area (Å²) in [7, 11) is -1.22. The molecule has 170 valence electrons. The van der Waals surface area contributed by atoms with E-state index in [0.717, 1.165) is 31.4 Å². The van der Waals surface area contributed by atoms with Crippen molar-refractivity contribution in [2.24, 2.45) is 0 Å². The maximum atomic E-state index is 13.2. The highest BCUT2D eigenvalue weighted by atomic mass is 32.2. The van der Waals surface area contributed by atoms with E-state index in [9.17, 15) is 13.2 Å². The summed E-state index contributed by atoms with van der Waals surface area (Å²) in [6.07, 6.45) is 8.96. The summed E-state index contributed by atoms with van der Waals surface area (Å²) >= 11 is 0. The van der Waals surface area contributed by atoms with Gasteiger partial charge < -0.3 is 10.1 Å². The van der Waals surface area contributed by atoms with Crippen LogP contribution in [0, 0.1) is 0 Å². The van der Waals surface area contributed by atoms with E-state index >= 15 is 0 Å². The largest absolute Gasteiger partial charge is 0.495 e. The first-order valence-electron chi connectivity index (χ1n) is 10.5. The topological polar surface area (TPSA) is 112 Å². The van der Waals surface area contributed by atoms with Gasteiger partial charge in [0.2, 0.25) is 0 Å². The van der Waals surface area contributed by atoms with E-state index in [-0.39, 0.29) is 16.5 Å². The molecule has 1 aliphatic carbocycles. The maximum Gasteiger partial charge on any atom is 0.262 e. The second-order valence-electron chi connectivity index (χ2n) is 7.60. The van der Waals surface area contributed by atoms with Gasteiger partial charge in [0.15, 0.2) is 0 Å². The number of benzene rings is 1. The standard InChI is InChI=1S/C21H30N4O5S/c1-4-8-19-17(14-22-25(19)15-9-6-5-7-10-15)21(26)23-18-13-16(11-12-20(18)29-2)31(27,28)24-30-3/h11-15,24H,4-10H2,1-3H3,(H,23,26). The van der Waals surface area contributed by atoms with Crippen LogP contribution in [0.1, 0.15) is 67.5 Å². The van der Waals surface area contributed by atoms with Crippen molar-refractivity contribution in [2.45, 2.75) is 62.8 Å². The first-order chi connectivity index (χ1) is 14.9. The molecule has 1 fully saturated rings. The molecule has 1 saturated carbocycles. The van der Waals surface area contributed by atoms with Gasteiger partial charge in [0.1, 0.15) is 5.75 Å². The zero-order valence-corrected chi connectivity index (χ0v) is 19.0. The molecule has 9 nitrogen and oxygen atoms in total. The smallest absolute Gasteiger partial charge is 0.262 e. The Morgan fingerprint density at radius 3 is 2.61 bits per heavy atom. The van der Waals surface area contributed by atoms with Crippen LogP contribution in [0.15, 0.2) is 29.3 Å². The summed E-state index contributed by atoms with van der Waals surface area (Å²) in [6, 6.07) is 4.51. The van der Waals surface area contributed by atoms with Crippen LogP contribution in [0.4, 0.5) is 5.69 Å². The number of hydrogen-bond donors (Lipinski definition) is 2. The summed E-state index contributed by atoms with van der Waals surface area (Å²) in [6.45, 7) is 2.07. The van der Waals surface area contributed by atoms with Crippen LogP contribution in [0.25, 0.3) is 0 Å². The second kappa shape index (κ2) is 10.3. The summed E-state index contributed by atoms with van der Waals surface area (Å²) in [5, 5.41) is 7.34. The Balaban J connectivity index is 1.91. The Hall–Kier alpha value is -2.43. The van der Waals surface area contributed by atoms with Gasteiger partial charge in [0.25, 0.3) is 15.9 Å². The molecule has 0 unspecified atom stereocenters. The van der Waals surface area contributed by atoms with Crippen molar-refractivity contribution in [3.05, 3.63) is 35.7 Å². The number of hydrogen-bond acceptors (Lipinski definition) is 6. The molecule has 0 atom stereocenters. The lowest BCUT2D eigenvalue weighted by molar-refractivity contribution is 0.102. The zero-order valence-electron chi connectivity index (χ0n) is 18.2.